The van der Waals surface area contributed by atoms with Gasteiger partial charge in [-0.05, 0) is 11.1 Å². The van der Waals surface area contributed by atoms with Crippen LogP contribution < -0.4 is 0 Å². The maximum absolute atomic E-state index is 2.27. The molecule has 1 fully saturated rings. The molecule has 0 spiro atoms. The van der Waals surface area contributed by atoms with E-state index in [0.717, 1.165) is 0 Å². The summed E-state index contributed by atoms with van der Waals surface area (Å²) in [6, 6.07) is 21.9. The van der Waals surface area contributed by atoms with Crippen molar-refractivity contribution in [1.29, 1.82) is 0 Å². The second kappa shape index (κ2) is 4.97. The standard InChI is InChI=1S/C16H16S/c1-3-7-13(8-4-1)15-11-17-12-16(15)14-9-5-2-6-10-14/h1-10,15-16H,11-12H2/t15-,16-/m0/s1. The molecule has 0 saturated carbocycles. The molecule has 0 bridgehead atoms. The molecule has 1 saturated heterocycles. The molecular formula is C16H16S. The van der Waals surface area contributed by atoms with E-state index in [1.807, 2.05) is 0 Å². The van der Waals surface area contributed by atoms with E-state index in [2.05, 4.69) is 72.4 Å². The highest BCUT2D eigenvalue weighted by molar-refractivity contribution is 7.99. The Morgan fingerprint density at radius 2 is 1.06 bits per heavy atom. The van der Waals surface area contributed by atoms with Crippen molar-refractivity contribution in [2.24, 2.45) is 0 Å². The predicted molar refractivity (Wildman–Crippen MR) is 75.7 cm³/mol. The summed E-state index contributed by atoms with van der Waals surface area (Å²) < 4.78 is 0. The second-order valence-corrected chi connectivity index (χ2v) is 5.65. The molecule has 0 unspecified atom stereocenters. The van der Waals surface area contributed by atoms with E-state index in [1.54, 1.807) is 0 Å². The number of benzene rings is 2. The van der Waals surface area contributed by atoms with Crippen LogP contribution in [0.1, 0.15) is 23.0 Å². The molecule has 0 nitrogen and oxygen atoms in total. The van der Waals surface area contributed by atoms with Gasteiger partial charge in [0, 0.05) is 23.3 Å². The third kappa shape index (κ3) is 2.25. The third-order valence-corrected chi connectivity index (χ3v) is 4.73. The van der Waals surface area contributed by atoms with Gasteiger partial charge in [0.05, 0.1) is 0 Å². The Balaban J connectivity index is 1.91. The summed E-state index contributed by atoms with van der Waals surface area (Å²) >= 11 is 2.08. The highest BCUT2D eigenvalue weighted by atomic mass is 32.2. The molecule has 0 amide bonds. The van der Waals surface area contributed by atoms with E-state index in [4.69, 9.17) is 0 Å². The number of hydrogen-bond acceptors (Lipinski definition) is 1. The van der Waals surface area contributed by atoms with Gasteiger partial charge in [0.25, 0.3) is 0 Å². The zero-order valence-electron chi connectivity index (χ0n) is 9.75. The van der Waals surface area contributed by atoms with Crippen molar-refractivity contribution < 1.29 is 0 Å². The predicted octanol–water partition coefficient (Wildman–Crippen LogP) is 4.30. The second-order valence-electron chi connectivity index (χ2n) is 4.57. The molecule has 2 atom stereocenters. The van der Waals surface area contributed by atoms with Crippen LogP contribution in [0.25, 0.3) is 0 Å². The topological polar surface area (TPSA) is 0 Å². The van der Waals surface area contributed by atoms with Crippen molar-refractivity contribution in [2.75, 3.05) is 11.5 Å². The molecule has 0 aromatic heterocycles. The number of thioether (sulfide) groups is 1. The Bertz CT molecular complexity index is 418. The van der Waals surface area contributed by atoms with Gasteiger partial charge in [0.1, 0.15) is 0 Å². The lowest BCUT2D eigenvalue weighted by atomic mass is 9.84. The first-order chi connectivity index (χ1) is 8.45. The molecule has 1 heterocycles. The average Bonchev–Trinajstić information content (AvgIpc) is 2.90. The third-order valence-electron chi connectivity index (χ3n) is 3.54. The fraction of sp³-hybridized carbons (Fsp3) is 0.250. The summed E-state index contributed by atoms with van der Waals surface area (Å²) in [5.41, 5.74) is 2.98. The van der Waals surface area contributed by atoms with Gasteiger partial charge >= 0.3 is 0 Å². The number of rotatable bonds is 2. The van der Waals surface area contributed by atoms with Crippen LogP contribution in [0.2, 0.25) is 0 Å². The molecule has 2 aromatic carbocycles. The van der Waals surface area contributed by atoms with E-state index in [-0.39, 0.29) is 0 Å². The highest BCUT2D eigenvalue weighted by Gasteiger charge is 2.29. The lowest BCUT2D eigenvalue weighted by Gasteiger charge is -2.19. The average molecular weight is 240 g/mol. The van der Waals surface area contributed by atoms with E-state index in [1.165, 1.54) is 22.6 Å². The van der Waals surface area contributed by atoms with Gasteiger partial charge in [0.15, 0.2) is 0 Å². The van der Waals surface area contributed by atoms with Crippen LogP contribution in [0.3, 0.4) is 0 Å². The van der Waals surface area contributed by atoms with E-state index in [0.29, 0.717) is 11.8 Å². The normalized spacial score (nSPS) is 23.8. The van der Waals surface area contributed by atoms with E-state index in [9.17, 15) is 0 Å². The van der Waals surface area contributed by atoms with E-state index >= 15 is 0 Å². The van der Waals surface area contributed by atoms with Gasteiger partial charge in [-0.1, -0.05) is 60.7 Å². The maximum atomic E-state index is 2.27. The van der Waals surface area contributed by atoms with Crippen molar-refractivity contribution in [2.45, 2.75) is 11.8 Å². The Morgan fingerprint density at radius 3 is 1.47 bits per heavy atom. The molecule has 17 heavy (non-hydrogen) atoms. The van der Waals surface area contributed by atoms with Crippen molar-refractivity contribution >= 4 is 11.8 Å². The van der Waals surface area contributed by atoms with Gasteiger partial charge < -0.3 is 0 Å². The molecule has 0 aliphatic carbocycles. The van der Waals surface area contributed by atoms with E-state index < -0.39 is 0 Å². The molecule has 0 radical (unpaired) electrons. The first-order valence-corrected chi connectivity index (χ1v) is 7.28. The Morgan fingerprint density at radius 1 is 0.647 bits per heavy atom. The first kappa shape index (κ1) is 10.9. The first-order valence-electron chi connectivity index (χ1n) is 6.13. The fourth-order valence-corrected chi connectivity index (χ4v) is 4.11. The summed E-state index contributed by atoms with van der Waals surface area (Å²) in [4.78, 5) is 0. The van der Waals surface area contributed by atoms with Gasteiger partial charge in [0.2, 0.25) is 0 Å². The summed E-state index contributed by atoms with van der Waals surface area (Å²) in [5.74, 6) is 3.87. The smallest absolute Gasteiger partial charge is 0.000789 e. The van der Waals surface area contributed by atoms with Crippen molar-refractivity contribution in [3.05, 3.63) is 71.8 Å². The van der Waals surface area contributed by atoms with Crippen LogP contribution in [0.15, 0.2) is 60.7 Å². The fourth-order valence-electron chi connectivity index (χ4n) is 2.61. The Hall–Kier alpha value is -1.21. The Kier molecular flexibility index (Phi) is 3.19. The molecule has 86 valence electrons. The molecular weight excluding hydrogens is 224 g/mol. The molecule has 1 aliphatic rings. The van der Waals surface area contributed by atoms with Gasteiger partial charge in [-0.2, -0.15) is 11.8 Å². The summed E-state index contributed by atoms with van der Waals surface area (Å²) in [6.07, 6.45) is 0. The number of hydrogen-bond donors (Lipinski definition) is 0. The summed E-state index contributed by atoms with van der Waals surface area (Å²) in [6.45, 7) is 0. The van der Waals surface area contributed by atoms with Crippen molar-refractivity contribution in [3.63, 3.8) is 0 Å². The quantitative estimate of drug-likeness (QED) is 0.754. The zero-order chi connectivity index (χ0) is 11.5. The van der Waals surface area contributed by atoms with Gasteiger partial charge in [-0.25, -0.2) is 0 Å². The summed E-state index contributed by atoms with van der Waals surface area (Å²) in [5, 5.41) is 0. The Labute approximate surface area is 107 Å². The zero-order valence-corrected chi connectivity index (χ0v) is 10.6. The molecule has 0 N–H and O–H groups in total. The van der Waals surface area contributed by atoms with Crippen LogP contribution in [0, 0.1) is 0 Å². The molecule has 3 rings (SSSR count). The van der Waals surface area contributed by atoms with Gasteiger partial charge in [-0.15, -0.1) is 0 Å². The molecule has 1 heteroatoms. The minimum atomic E-state index is 0.684. The van der Waals surface area contributed by atoms with Crippen molar-refractivity contribution in [3.8, 4) is 0 Å². The van der Waals surface area contributed by atoms with Crippen LogP contribution in [0.5, 0.6) is 0 Å². The van der Waals surface area contributed by atoms with Gasteiger partial charge in [-0.3, -0.25) is 0 Å². The summed E-state index contributed by atoms with van der Waals surface area (Å²) in [7, 11) is 0. The largest absolute Gasteiger partial charge is 0.161 e. The molecule has 1 aliphatic heterocycles. The van der Waals surface area contributed by atoms with Crippen LogP contribution in [-0.2, 0) is 0 Å². The minimum absolute atomic E-state index is 0.684. The lowest BCUT2D eigenvalue weighted by Crippen LogP contribution is -2.08. The van der Waals surface area contributed by atoms with Crippen molar-refractivity contribution in [1.82, 2.24) is 0 Å². The SMILES string of the molecule is c1ccc([C@@H]2CSC[C@H]2c2ccccc2)cc1. The highest BCUT2D eigenvalue weighted by Crippen LogP contribution is 2.43. The van der Waals surface area contributed by atoms with Crippen LogP contribution >= 0.6 is 11.8 Å². The van der Waals surface area contributed by atoms with Crippen LogP contribution in [0.4, 0.5) is 0 Å². The maximum Gasteiger partial charge on any atom is 0.000789 e. The lowest BCUT2D eigenvalue weighted by molar-refractivity contribution is 0.666. The molecule has 2 aromatic rings. The monoisotopic (exact) mass is 240 g/mol. The minimum Gasteiger partial charge on any atom is -0.161 e. The van der Waals surface area contributed by atoms with Crippen LogP contribution in [-0.4, -0.2) is 11.5 Å².